The predicted molar refractivity (Wildman–Crippen MR) is 83.9 cm³/mol. The van der Waals surface area contributed by atoms with Gasteiger partial charge in [0.05, 0.1) is 23.1 Å². The van der Waals surface area contributed by atoms with Crippen molar-refractivity contribution in [3.63, 3.8) is 0 Å². The second kappa shape index (κ2) is 5.16. The molecule has 20 heavy (non-hydrogen) atoms. The first-order valence-electron chi connectivity index (χ1n) is 5.70. The molecule has 1 aromatic heterocycles. The molecule has 0 radical (unpaired) electrons. The molecule has 0 saturated carbocycles. The van der Waals surface area contributed by atoms with Crippen LogP contribution in [-0.4, -0.2) is 10.2 Å². The van der Waals surface area contributed by atoms with Crippen molar-refractivity contribution in [1.82, 2.24) is 10.2 Å². The zero-order valence-electron chi connectivity index (χ0n) is 10.0. The maximum atomic E-state index is 13.9. The highest BCUT2D eigenvalue weighted by atomic mass is 127. The van der Waals surface area contributed by atoms with Crippen LogP contribution in [0.1, 0.15) is 0 Å². The van der Waals surface area contributed by atoms with Gasteiger partial charge in [0.1, 0.15) is 11.5 Å². The summed E-state index contributed by atoms with van der Waals surface area (Å²) < 4.78 is 14.7. The Labute approximate surface area is 126 Å². The molecule has 0 aliphatic rings. The summed E-state index contributed by atoms with van der Waals surface area (Å²) in [6.45, 7) is 0. The SMILES string of the molecule is O=Nc1ccc2[nH]ncc2c1Nc1ccc(I)cc1F. The van der Waals surface area contributed by atoms with Gasteiger partial charge in [-0.3, -0.25) is 5.10 Å². The van der Waals surface area contributed by atoms with Gasteiger partial charge in [-0.15, -0.1) is 4.91 Å². The Morgan fingerprint density at radius 3 is 2.90 bits per heavy atom. The molecule has 5 nitrogen and oxygen atoms in total. The van der Waals surface area contributed by atoms with Gasteiger partial charge in [-0.05, 0) is 58.1 Å². The van der Waals surface area contributed by atoms with Crippen LogP contribution in [0.2, 0.25) is 0 Å². The summed E-state index contributed by atoms with van der Waals surface area (Å²) in [6.07, 6.45) is 1.57. The molecule has 0 aliphatic carbocycles. The Hall–Kier alpha value is -2.03. The van der Waals surface area contributed by atoms with E-state index in [1.54, 1.807) is 30.5 Å². The lowest BCUT2D eigenvalue weighted by atomic mass is 10.1. The number of nitroso groups, excluding NO2 is 1. The monoisotopic (exact) mass is 382 g/mol. The first-order chi connectivity index (χ1) is 9.69. The number of benzene rings is 2. The van der Waals surface area contributed by atoms with Crippen molar-refractivity contribution in [1.29, 1.82) is 0 Å². The molecule has 1 heterocycles. The summed E-state index contributed by atoms with van der Waals surface area (Å²) in [4.78, 5) is 10.9. The number of nitrogens with zero attached hydrogens (tertiary/aromatic N) is 2. The predicted octanol–water partition coefficient (Wildman–Crippen LogP) is 4.45. The van der Waals surface area contributed by atoms with Crippen LogP contribution in [0.25, 0.3) is 10.9 Å². The number of anilines is 2. The molecule has 2 aromatic carbocycles. The first-order valence-corrected chi connectivity index (χ1v) is 6.78. The van der Waals surface area contributed by atoms with Crippen molar-refractivity contribution < 1.29 is 4.39 Å². The number of halogens is 2. The number of rotatable bonds is 3. The average Bonchev–Trinajstić information content (AvgIpc) is 2.90. The van der Waals surface area contributed by atoms with Crippen molar-refractivity contribution in [2.24, 2.45) is 5.18 Å². The van der Waals surface area contributed by atoms with Gasteiger partial charge in [-0.2, -0.15) is 5.10 Å². The minimum Gasteiger partial charge on any atom is -0.351 e. The molecular formula is C13H8FIN4O. The zero-order valence-corrected chi connectivity index (χ0v) is 12.2. The summed E-state index contributed by atoms with van der Waals surface area (Å²) in [5.41, 5.74) is 1.66. The third kappa shape index (κ3) is 2.24. The average molecular weight is 382 g/mol. The topological polar surface area (TPSA) is 70.1 Å². The Bertz CT molecular complexity index is 802. The van der Waals surface area contributed by atoms with E-state index in [4.69, 9.17) is 0 Å². The van der Waals surface area contributed by atoms with Crippen LogP contribution in [0.4, 0.5) is 21.5 Å². The number of H-pyrrole nitrogens is 1. The van der Waals surface area contributed by atoms with Gasteiger partial charge in [0, 0.05) is 8.96 Å². The van der Waals surface area contributed by atoms with Gasteiger partial charge >= 0.3 is 0 Å². The summed E-state index contributed by atoms with van der Waals surface area (Å²) in [6, 6.07) is 8.06. The molecule has 100 valence electrons. The van der Waals surface area contributed by atoms with Crippen molar-refractivity contribution in [2.45, 2.75) is 0 Å². The number of nitrogens with one attached hydrogen (secondary N) is 2. The lowest BCUT2D eigenvalue weighted by Gasteiger charge is -2.10. The molecule has 0 spiro atoms. The number of hydrogen-bond acceptors (Lipinski definition) is 4. The highest BCUT2D eigenvalue weighted by molar-refractivity contribution is 14.1. The second-order valence-electron chi connectivity index (χ2n) is 4.13. The van der Waals surface area contributed by atoms with Crippen LogP contribution in [0, 0.1) is 14.3 Å². The molecule has 0 atom stereocenters. The summed E-state index contributed by atoms with van der Waals surface area (Å²) >= 11 is 2.03. The lowest BCUT2D eigenvalue weighted by molar-refractivity contribution is 0.631. The number of fused-ring (bicyclic) bond motifs is 1. The molecule has 7 heteroatoms. The third-order valence-corrected chi connectivity index (χ3v) is 3.56. The molecule has 0 bridgehead atoms. The fourth-order valence-electron chi connectivity index (χ4n) is 1.94. The normalized spacial score (nSPS) is 10.7. The van der Waals surface area contributed by atoms with Gasteiger partial charge in [0.2, 0.25) is 0 Å². The Kier molecular flexibility index (Phi) is 3.35. The van der Waals surface area contributed by atoms with Crippen molar-refractivity contribution >= 4 is 50.6 Å². The van der Waals surface area contributed by atoms with Crippen LogP contribution in [0.3, 0.4) is 0 Å². The lowest BCUT2D eigenvalue weighted by Crippen LogP contribution is -1.95. The van der Waals surface area contributed by atoms with E-state index in [0.717, 1.165) is 9.09 Å². The summed E-state index contributed by atoms with van der Waals surface area (Å²) in [5, 5.41) is 13.3. The quantitative estimate of drug-likeness (QED) is 0.520. The van der Waals surface area contributed by atoms with Gasteiger partial charge in [0.15, 0.2) is 0 Å². The molecule has 0 amide bonds. The van der Waals surface area contributed by atoms with Crippen LogP contribution in [-0.2, 0) is 0 Å². The largest absolute Gasteiger partial charge is 0.351 e. The van der Waals surface area contributed by atoms with Crippen LogP contribution in [0.15, 0.2) is 41.7 Å². The fourth-order valence-corrected chi connectivity index (χ4v) is 2.39. The highest BCUT2D eigenvalue weighted by Crippen LogP contribution is 2.35. The molecule has 0 unspecified atom stereocenters. The fraction of sp³-hybridized carbons (Fsp3) is 0. The summed E-state index contributed by atoms with van der Waals surface area (Å²) in [7, 11) is 0. The Morgan fingerprint density at radius 1 is 1.30 bits per heavy atom. The van der Waals surface area contributed by atoms with Gasteiger partial charge < -0.3 is 5.32 Å². The smallest absolute Gasteiger partial charge is 0.147 e. The van der Waals surface area contributed by atoms with E-state index >= 15 is 0 Å². The van der Waals surface area contributed by atoms with Crippen molar-refractivity contribution in [3.8, 4) is 0 Å². The maximum Gasteiger partial charge on any atom is 0.147 e. The standard InChI is InChI=1S/C13H8FIN4O/c14-9-5-7(15)1-2-11(9)17-13-8-6-16-18-10(8)3-4-12(13)19-20/h1-6,17H,(H,16,18). The van der Waals surface area contributed by atoms with Gasteiger partial charge in [-0.25, -0.2) is 4.39 Å². The van der Waals surface area contributed by atoms with Gasteiger partial charge in [-0.1, -0.05) is 0 Å². The number of aromatic amines is 1. The van der Waals surface area contributed by atoms with Gasteiger partial charge in [0.25, 0.3) is 0 Å². The number of hydrogen-bond donors (Lipinski definition) is 2. The van der Waals surface area contributed by atoms with Crippen molar-refractivity contribution in [3.05, 3.63) is 50.8 Å². The van der Waals surface area contributed by atoms with E-state index in [2.05, 4.69) is 20.7 Å². The second-order valence-corrected chi connectivity index (χ2v) is 5.38. The number of aromatic nitrogens is 2. The molecule has 0 saturated heterocycles. The van der Waals surface area contributed by atoms with Crippen LogP contribution in [0.5, 0.6) is 0 Å². The maximum absolute atomic E-state index is 13.9. The molecule has 3 rings (SSSR count). The van der Waals surface area contributed by atoms with E-state index in [-0.39, 0.29) is 11.4 Å². The molecular weight excluding hydrogens is 374 g/mol. The van der Waals surface area contributed by atoms with E-state index in [1.165, 1.54) is 6.07 Å². The first kappa shape index (κ1) is 13.0. The van der Waals surface area contributed by atoms with E-state index in [1.807, 2.05) is 22.6 Å². The summed E-state index contributed by atoms with van der Waals surface area (Å²) in [5.74, 6) is -0.394. The molecule has 3 aromatic rings. The minimum atomic E-state index is -0.394. The molecule has 0 fully saturated rings. The van der Waals surface area contributed by atoms with Crippen LogP contribution >= 0.6 is 22.6 Å². The minimum absolute atomic E-state index is 0.205. The zero-order chi connectivity index (χ0) is 14.1. The highest BCUT2D eigenvalue weighted by Gasteiger charge is 2.12. The Balaban J connectivity index is 2.13. The van der Waals surface area contributed by atoms with Crippen LogP contribution < -0.4 is 5.32 Å². The van der Waals surface area contributed by atoms with E-state index < -0.39 is 5.82 Å². The third-order valence-electron chi connectivity index (χ3n) is 2.89. The molecule has 0 aliphatic heterocycles. The van der Waals surface area contributed by atoms with E-state index in [9.17, 15) is 9.30 Å². The Morgan fingerprint density at radius 2 is 2.15 bits per heavy atom. The molecule has 2 N–H and O–H groups in total. The van der Waals surface area contributed by atoms with E-state index in [0.29, 0.717) is 11.1 Å². The van der Waals surface area contributed by atoms with Crippen molar-refractivity contribution in [2.75, 3.05) is 5.32 Å².